The maximum absolute atomic E-state index is 12.4. The SMILES string of the molecule is CC(C)c1cc(-c2nc3c(-c4cc(-c5ccccc5)cc(-c5cc(-c6ccccc6)ccn5)c4)cccc3n2-c2ccc(C(C)(C)C)cc2-c2ccc(C(C)(C)C)cc2)c(O)c(C(C)C)c1. The summed E-state index contributed by atoms with van der Waals surface area (Å²) in [6.45, 7) is 22.3. The van der Waals surface area contributed by atoms with Crippen molar-refractivity contribution >= 4 is 11.0 Å². The summed E-state index contributed by atoms with van der Waals surface area (Å²) < 4.78 is 2.30. The van der Waals surface area contributed by atoms with Crippen molar-refractivity contribution in [1.82, 2.24) is 14.5 Å². The molecule has 7 aromatic carbocycles. The molecule has 0 aliphatic rings. The van der Waals surface area contributed by atoms with Gasteiger partial charge in [0.1, 0.15) is 11.6 Å². The Morgan fingerprint density at radius 1 is 0.470 bits per heavy atom. The lowest BCUT2D eigenvalue weighted by Gasteiger charge is -2.24. The van der Waals surface area contributed by atoms with E-state index in [1.807, 2.05) is 12.3 Å². The van der Waals surface area contributed by atoms with Gasteiger partial charge in [0, 0.05) is 22.9 Å². The van der Waals surface area contributed by atoms with Gasteiger partial charge in [0.25, 0.3) is 0 Å². The molecule has 2 heterocycles. The van der Waals surface area contributed by atoms with Crippen LogP contribution in [0.2, 0.25) is 0 Å². The molecule has 0 atom stereocenters. The molecule has 1 N–H and O–H groups in total. The second-order valence-electron chi connectivity index (χ2n) is 20.5. The van der Waals surface area contributed by atoms with Gasteiger partial charge in [-0.2, -0.15) is 0 Å². The second kappa shape index (κ2) is 17.4. The minimum Gasteiger partial charge on any atom is -0.507 e. The Bertz CT molecular complexity index is 3200. The Morgan fingerprint density at radius 2 is 1.09 bits per heavy atom. The van der Waals surface area contributed by atoms with E-state index in [-0.39, 0.29) is 28.4 Å². The molecule has 2 aromatic heterocycles. The number of nitrogens with zero attached hydrogens (tertiary/aromatic N) is 3. The third kappa shape index (κ3) is 8.61. The third-order valence-electron chi connectivity index (χ3n) is 13.1. The molecule has 330 valence electrons. The summed E-state index contributed by atoms with van der Waals surface area (Å²) in [4.78, 5) is 10.6. The van der Waals surface area contributed by atoms with Crippen molar-refractivity contribution in [3.63, 3.8) is 0 Å². The van der Waals surface area contributed by atoms with E-state index in [1.165, 1.54) is 11.1 Å². The van der Waals surface area contributed by atoms with Crippen molar-refractivity contribution in [1.29, 1.82) is 0 Å². The zero-order chi connectivity index (χ0) is 46.5. The quantitative estimate of drug-likeness (QED) is 0.157. The first kappa shape index (κ1) is 44.2. The maximum atomic E-state index is 12.4. The highest BCUT2D eigenvalue weighted by Crippen LogP contribution is 2.45. The summed E-state index contributed by atoms with van der Waals surface area (Å²) in [6, 6.07) is 58.9. The van der Waals surface area contributed by atoms with E-state index in [0.717, 1.165) is 89.2 Å². The Labute approximate surface area is 391 Å². The molecule has 0 aliphatic heterocycles. The summed E-state index contributed by atoms with van der Waals surface area (Å²) in [5, 5.41) is 12.4. The molecule has 9 aromatic rings. The number of aromatic nitrogens is 3. The Kier molecular flexibility index (Phi) is 11.6. The molecule has 0 saturated carbocycles. The first-order valence-electron chi connectivity index (χ1n) is 23.4. The van der Waals surface area contributed by atoms with E-state index in [4.69, 9.17) is 9.97 Å². The standard InChI is InChI=1S/C62H61N3O/c1-39(2)45-35-52(40(3)4)59(66)54(36-45)60-64-58-51(47-32-46(42-20-15-12-16-21-42)33-48(34-47)55-37-44(30-31-63-55)41-18-13-11-14-19-41)22-17-23-57(58)65(60)56-29-28-50(62(8,9)10)38-53(56)43-24-26-49(27-25-43)61(5,6)7/h11-40,66H,1-10H3. The number of rotatable bonds is 9. The van der Waals surface area contributed by atoms with Crippen LogP contribution in [0.1, 0.15) is 103 Å². The lowest BCUT2D eigenvalue weighted by Crippen LogP contribution is -2.12. The number of benzene rings is 7. The number of hydrogen-bond acceptors (Lipinski definition) is 3. The van der Waals surface area contributed by atoms with Crippen LogP contribution in [0.5, 0.6) is 5.75 Å². The topological polar surface area (TPSA) is 50.9 Å². The molecular formula is C62H61N3O. The Balaban J connectivity index is 1.35. The molecule has 0 unspecified atom stereocenters. The van der Waals surface area contributed by atoms with Gasteiger partial charge in [0.15, 0.2) is 0 Å². The monoisotopic (exact) mass is 863 g/mol. The van der Waals surface area contributed by atoms with Gasteiger partial charge >= 0.3 is 0 Å². The predicted octanol–water partition coefficient (Wildman–Crippen LogP) is 17.0. The molecular weight excluding hydrogens is 803 g/mol. The zero-order valence-electron chi connectivity index (χ0n) is 40.1. The van der Waals surface area contributed by atoms with Crippen LogP contribution in [0, 0.1) is 0 Å². The molecule has 4 heteroatoms. The predicted molar refractivity (Wildman–Crippen MR) is 279 cm³/mol. The molecule has 4 nitrogen and oxygen atoms in total. The fourth-order valence-electron chi connectivity index (χ4n) is 9.09. The third-order valence-corrected chi connectivity index (χ3v) is 13.1. The van der Waals surface area contributed by atoms with E-state index < -0.39 is 0 Å². The first-order chi connectivity index (χ1) is 31.5. The largest absolute Gasteiger partial charge is 0.507 e. The minimum atomic E-state index is -0.0847. The van der Waals surface area contributed by atoms with E-state index in [1.54, 1.807) is 0 Å². The van der Waals surface area contributed by atoms with Crippen molar-refractivity contribution in [3.05, 3.63) is 192 Å². The smallest absolute Gasteiger partial charge is 0.149 e. The zero-order valence-corrected chi connectivity index (χ0v) is 40.1. The van der Waals surface area contributed by atoms with Crippen molar-refractivity contribution in [2.45, 2.75) is 91.9 Å². The maximum Gasteiger partial charge on any atom is 0.149 e. The highest BCUT2D eigenvalue weighted by atomic mass is 16.3. The highest BCUT2D eigenvalue weighted by molar-refractivity contribution is 5.98. The van der Waals surface area contributed by atoms with Crippen LogP contribution >= 0.6 is 0 Å². The van der Waals surface area contributed by atoms with Crippen molar-refractivity contribution in [3.8, 4) is 78.6 Å². The number of phenolic OH excluding ortho intramolecular Hbond substituents is 1. The molecule has 0 fully saturated rings. The average Bonchev–Trinajstić information content (AvgIpc) is 3.70. The lowest BCUT2D eigenvalue weighted by atomic mass is 9.83. The summed E-state index contributed by atoms with van der Waals surface area (Å²) in [5.74, 6) is 1.32. The number of phenols is 1. The van der Waals surface area contributed by atoms with Gasteiger partial charge < -0.3 is 5.11 Å². The van der Waals surface area contributed by atoms with Crippen LogP contribution in [0.4, 0.5) is 0 Å². The van der Waals surface area contributed by atoms with Crippen LogP contribution in [-0.2, 0) is 10.8 Å². The van der Waals surface area contributed by atoms with Crippen LogP contribution < -0.4 is 0 Å². The summed E-state index contributed by atoms with van der Waals surface area (Å²) in [5.41, 5.74) is 18.7. The van der Waals surface area contributed by atoms with Crippen molar-refractivity contribution < 1.29 is 5.11 Å². The number of imidazole rings is 1. The van der Waals surface area contributed by atoms with E-state index in [0.29, 0.717) is 5.82 Å². The van der Waals surface area contributed by atoms with Gasteiger partial charge in [0.05, 0.1) is 28.0 Å². The molecule has 0 amide bonds. The molecule has 0 saturated heterocycles. The van der Waals surface area contributed by atoms with Gasteiger partial charge in [0.2, 0.25) is 0 Å². The van der Waals surface area contributed by atoms with Crippen LogP contribution in [-0.4, -0.2) is 19.6 Å². The molecule has 0 radical (unpaired) electrons. The fraction of sp³-hybridized carbons (Fsp3) is 0.226. The van der Waals surface area contributed by atoms with Crippen molar-refractivity contribution in [2.75, 3.05) is 0 Å². The number of fused-ring (bicyclic) bond motifs is 1. The van der Waals surface area contributed by atoms with E-state index >= 15 is 0 Å². The lowest BCUT2D eigenvalue weighted by molar-refractivity contribution is 0.466. The Hall–Kier alpha value is -7.04. The second-order valence-corrected chi connectivity index (χ2v) is 20.5. The minimum absolute atomic E-state index is 0.0181. The summed E-state index contributed by atoms with van der Waals surface area (Å²) in [6.07, 6.45) is 1.91. The van der Waals surface area contributed by atoms with Crippen LogP contribution in [0.25, 0.3) is 83.9 Å². The average molecular weight is 864 g/mol. The van der Waals surface area contributed by atoms with Crippen LogP contribution in [0.15, 0.2) is 170 Å². The van der Waals surface area contributed by atoms with Gasteiger partial charge in [-0.1, -0.05) is 178 Å². The molecule has 0 spiro atoms. The summed E-state index contributed by atoms with van der Waals surface area (Å²) in [7, 11) is 0. The van der Waals surface area contributed by atoms with Gasteiger partial charge in [-0.25, -0.2) is 4.98 Å². The molecule has 9 rings (SSSR count). The van der Waals surface area contributed by atoms with Gasteiger partial charge in [-0.15, -0.1) is 0 Å². The fourth-order valence-corrected chi connectivity index (χ4v) is 9.09. The van der Waals surface area contributed by atoms with Gasteiger partial charge in [-0.05, 0) is 133 Å². The Morgan fingerprint density at radius 3 is 1.73 bits per heavy atom. The first-order valence-corrected chi connectivity index (χ1v) is 23.4. The highest BCUT2D eigenvalue weighted by Gasteiger charge is 2.26. The van der Waals surface area contributed by atoms with E-state index in [9.17, 15) is 5.11 Å². The number of para-hydroxylation sites is 1. The number of pyridine rings is 1. The number of aromatic hydroxyl groups is 1. The molecule has 0 aliphatic carbocycles. The normalized spacial score (nSPS) is 12.1. The summed E-state index contributed by atoms with van der Waals surface area (Å²) >= 11 is 0. The van der Waals surface area contributed by atoms with Gasteiger partial charge in [-0.3, -0.25) is 9.55 Å². The van der Waals surface area contributed by atoms with Crippen LogP contribution in [0.3, 0.4) is 0 Å². The van der Waals surface area contributed by atoms with E-state index in [2.05, 4.69) is 232 Å². The number of hydrogen-bond donors (Lipinski definition) is 1. The molecule has 0 bridgehead atoms. The van der Waals surface area contributed by atoms with Crippen molar-refractivity contribution in [2.24, 2.45) is 0 Å². The molecule has 66 heavy (non-hydrogen) atoms.